The van der Waals surface area contributed by atoms with Crippen LogP contribution < -0.4 is 5.32 Å². The van der Waals surface area contributed by atoms with Crippen LogP contribution in [-0.2, 0) is 6.54 Å². The van der Waals surface area contributed by atoms with E-state index in [1.165, 1.54) is 21.2 Å². The van der Waals surface area contributed by atoms with Gasteiger partial charge in [0, 0.05) is 17.6 Å². The molecule has 1 heterocycles. The quantitative estimate of drug-likeness (QED) is 0.732. The predicted molar refractivity (Wildman–Crippen MR) is 59.6 cm³/mol. The Kier molecular flexibility index (Phi) is 2.51. The summed E-state index contributed by atoms with van der Waals surface area (Å²) >= 11 is 3.58. The summed E-state index contributed by atoms with van der Waals surface area (Å²) in [7, 11) is 0. The molecule has 0 aliphatic carbocycles. The van der Waals surface area contributed by atoms with E-state index in [-0.39, 0.29) is 0 Å². The molecule has 0 amide bonds. The summed E-state index contributed by atoms with van der Waals surface area (Å²) in [6.07, 6.45) is 4.38. The Labute approximate surface area is 87.0 Å². The van der Waals surface area contributed by atoms with E-state index in [1.807, 2.05) is 0 Å². The van der Waals surface area contributed by atoms with Crippen LogP contribution in [0.5, 0.6) is 0 Å². The minimum Gasteiger partial charge on any atom is -0.309 e. The molecule has 1 nitrogen and oxygen atoms in total. The van der Waals surface area contributed by atoms with Gasteiger partial charge in [-0.2, -0.15) is 0 Å². The van der Waals surface area contributed by atoms with Crippen LogP contribution in [0.1, 0.15) is 16.7 Å². The highest BCUT2D eigenvalue weighted by molar-refractivity contribution is 9.10. The number of nitrogens with one attached hydrogen (secondary N) is 1. The molecule has 0 bridgehead atoms. The van der Waals surface area contributed by atoms with Crippen molar-refractivity contribution in [1.82, 2.24) is 5.32 Å². The van der Waals surface area contributed by atoms with Gasteiger partial charge in [-0.3, -0.25) is 0 Å². The number of hydrogen-bond donors (Lipinski definition) is 1. The summed E-state index contributed by atoms with van der Waals surface area (Å²) in [5.74, 6) is 0. The van der Waals surface area contributed by atoms with Gasteiger partial charge in [-0.15, -0.1) is 0 Å². The van der Waals surface area contributed by atoms with Gasteiger partial charge in [-0.25, -0.2) is 0 Å². The van der Waals surface area contributed by atoms with Crippen molar-refractivity contribution in [3.63, 3.8) is 0 Å². The lowest BCUT2D eigenvalue weighted by Gasteiger charge is -2.09. The zero-order valence-electron chi connectivity index (χ0n) is 7.60. The Hall–Kier alpha value is -0.600. The van der Waals surface area contributed by atoms with Gasteiger partial charge in [-0.05, 0) is 29.7 Å². The number of aryl methyl sites for hydroxylation is 1. The Morgan fingerprint density at radius 3 is 3.08 bits per heavy atom. The second-order valence-electron chi connectivity index (χ2n) is 3.29. The number of fused-ring (bicyclic) bond motifs is 1. The minimum absolute atomic E-state index is 0.949. The summed E-state index contributed by atoms with van der Waals surface area (Å²) in [5.41, 5.74) is 4.08. The van der Waals surface area contributed by atoms with E-state index in [1.54, 1.807) is 0 Å². The smallest absolute Gasteiger partial charge is 0.0226 e. The molecule has 0 spiro atoms. The molecule has 2 rings (SSSR count). The van der Waals surface area contributed by atoms with E-state index in [9.17, 15) is 0 Å². The standard InChI is InChI=1S/C11H12BrN/c1-8-4-5-11(12)10-7-13-6-2-3-9(8)10/h2-5,13H,6-7H2,1H3. The molecule has 0 fully saturated rings. The van der Waals surface area contributed by atoms with Crippen LogP contribution in [0.25, 0.3) is 6.08 Å². The molecule has 0 atom stereocenters. The van der Waals surface area contributed by atoms with Crippen LogP contribution in [0.4, 0.5) is 0 Å². The lowest BCUT2D eigenvalue weighted by molar-refractivity contribution is 0.763. The number of hydrogen-bond acceptors (Lipinski definition) is 1. The Balaban J connectivity index is 2.61. The Morgan fingerprint density at radius 2 is 2.23 bits per heavy atom. The average Bonchev–Trinajstić information content (AvgIpc) is 2.37. The second-order valence-corrected chi connectivity index (χ2v) is 4.14. The topological polar surface area (TPSA) is 12.0 Å². The summed E-state index contributed by atoms with van der Waals surface area (Å²) in [5, 5.41) is 3.35. The molecule has 1 aliphatic heterocycles. The molecule has 0 saturated heterocycles. The molecular weight excluding hydrogens is 226 g/mol. The van der Waals surface area contributed by atoms with E-state index in [2.05, 4.69) is 52.5 Å². The average molecular weight is 238 g/mol. The van der Waals surface area contributed by atoms with Crippen molar-refractivity contribution in [2.24, 2.45) is 0 Å². The normalized spacial score (nSPS) is 15.2. The molecule has 0 aromatic heterocycles. The van der Waals surface area contributed by atoms with E-state index >= 15 is 0 Å². The van der Waals surface area contributed by atoms with Gasteiger partial charge in [-0.1, -0.05) is 34.1 Å². The second kappa shape index (κ2) is 3.64. The van der Waals surface area contributed by atoms with Crippen molar-refractivity contribution < 1.29 is 0 Å². The molecule has 1 N–H and O–H groups in total. The lowest BCUT2D eigenvalue weighted by Crippen LogP contribution is -2.12. The summed E-state index contributed by atoms with van der Waals surface area (Å²) in [4.78, 5) is 0. The van der Waals surface area contributed by atoms with Gasteiger partial charge >= 0.3 is 0 Å². The highest BCUT2D eigenvalue weighted by atomic mass is 79.9. The SMILES string of the molecule is Cc1ccc(Br)c2c1C=CCNC2. The molecular formula is C11H12BrN. The molecule has 0 radical (unpaired) electrons. The molecule has 13 heavy (non-hydrogen) atoms. The highest BCUT2D eigenvalue weighted by Crippen LogP contribution is 2.25. The van der Waals surface area contributed by atoms with Crippen LogP contribution in [-0.4, -0.2) is 6.54 Å². The fourth-order valence-electron chi connectivity index (χ4n) is 1.62. The zero-order chi connectivity index (χ0) is 9.26. The van der Waals surface area contributed by atoms with Crippen LogP contribution in [0, 0.1) is 6.92 Å². The molecule has 2 heteroatoms. The lowest BCUT2D eigenvalue weighted by atomic mass is 10.0. The third kappa shape index (κ3) is 1.69. The van der Waals surface area contributed by atoms with Crippen LogP contribution in [0.3, 0.4) is 0 Å². The van der Waals surface area contributed by atoms with Gasteiger partial charge in [0.15, 0.2) is 0 Å². The van der Waals surface area contributed by atoms with Crippen molar-refractivity contribution in [2.45, 2.75) is 13.5 Å². The van der Waals surface area contributed by atoms with Crippen molar-refractivity contribution in [3.05, 3.63) is 39.4 Å². The Bertz CT molecular complexity index is 355. The maximum atomic E-state index is 3.58. The van der Waals surface area contributed by atoms with E-state index in [0.29, 0.717) is 0 Å². The largest absolute Gasteiger partial charge is 0.309 e. The molecule has 1 aliphatic rings. The van der Waals surface area contributed by atoms with E-state index in [4.69, 9.17) is 0 Å². The summed E-state index contributed by atoms with van der Waals surface area (Å²) < 4.78 is 1.20. The van der Waals surface area contributed by atoms with Crippen LogP contribution in [0.2, 0.25) is 0 Å². The molecule has 68 valence electrons. The Morgan fingerprint density at radius 1 is 1.38 bits per heavy atom. The first-order chi connectivity index (χ1) is 6.29. The minimum atomic E-state index is 0.949. The third-order valence-corrected chi connectivity index (χ3v) is 3.11. The van der Waals surface area contributed by atoms with Gasteiger partial charge in [0.1, 0.15) is 0 Å². The number of rotatable bonds is 0. The van der Waals surface area contributed by atoms with Crippen molar-refractivity contribution in [2.75, 3.05) is 6.54 Å². The molecule has 1 aromatic carbocycles. The van der Waals surface area contributed by atoms with Gasteiger partial charge in [0.25, 0.3) is 0 Å². The van der Waals surface area contributed by atoms with E-state index < -0.39 is 0 Å². The van der Waals surface area contributed by atoms with E-state index in [0.717, 1.165) is 13.1 Å². The third-order valence-electron chi connectivity index (χ3n) is 2.37. The fourth-order valence-corrected chi connectivity index (χ4v) is 2.11. The van der Waals surface area contributed by atoms with Crippen molar-refractivity contribution in [3.8, 4) is 0 Å². The first-order valence-electron chi connectivity index (χ1n) is 4.44. The predicted octanol–water partition coefficient (Wildman–Crippen LogP) is 2.87. The van der Waals surface area contributed by atoms with Crippen LogP contribution in [0.15, 0.2) is 22.7 Å². The molecule has 0 unspecified atom stereocenters. The first kappa shape index (κ1) is 8.97. The highest BCUT2D eigenvalue weighted by Gasteiger charge is 2.08. The maximum Gasteiger partial charge on any atom is 0.0226 e. The van der Waals surface area contributed by atoms with Crippen molar-refractivity contribution >= 4 is 22.0 Å². The van der Waals surface area contributed by atoms with Gasteiger partial charge in [0.05, 0.1) is 0 Å². The first-order valence-corrected chi connectivity index (χ1v) is 5.23. The van der Waals surface area contributed by atoms with Gasteiger partial charge in [0.2, 0.25) is 0 Å². The van der Waals surface area contributed by atoms with Gasteiger partial charge < -0.3 is 5.32 Å². The summed E-state index contributed by atoms with van der Waals surface area (Å²) in [6.45, 7) is 4.06. The molecule has 1 aromatic rings. The fraction of sp³-hybridized carbons (Fsp3) is 0.273. The monoisotopic (exact) mass is 237 g/mol. The summed E-state index contributed by atoms with van der Waals surface area (Å²) in [6, 6.07) is 4.27. The molecule has 0 saturated carbocycles. The maximum absolute atomic E-state index is 3.58. The number of benzene rings is 1. The van der Waals surface area contributed by atoms with Crippen LogP contribution >= 0.6 is 15.9 Å². The number of halogens is 1. The zero-order valence-corrected chi connectivity index (χ0v) is 9.19. The van der Waals surface area contributed by atoms with Crippen molar-refractivity contribution in [1.29, 1.82) is 0 Å².